The fourth-order valence-corrected chi connectivity index (χ4v) is 1.76. The predicted molar refractivity (Wildman–Crippen MR) is 55.2 cm³/mol. The fraction of sp³-hybridized carbons (Fsp3) is 0.333. The van der Waals surface area contributed by atoms with Crippen molar-refractivity contribution in [1.29, 1.82) is 0 Å². The Bertz CT molecular complexity index is 469. The van der Waals surface area contributed by atoms with Gasteiger partial charge >= 0.3 is 0 Å². The second-order valence-electron chi connectivity index (χ2n) is 2.97. The molecule has 0 saturated heterocycles. The van der Waals surface area contributed by atoms with Gasteiger partial charge in [0.25, 0.3) is 0 Å². The molecule has 2 rings (SSSR count). The first-order chi connectivity index (χ1) is 6.33. The second-order valence-corrected chi connectivity index (χ2v) is 3.36. The van der Waals surface area contributed by atoms with Crippen molar-refractivity contribution < 1.29 is 0 Å². The summed E-state index contributed by atoms with van der Waals surface area (Å²) in [4.78, 5) is 7.16. The Labute approximate surface area is 81.4 Å². The largest absolute Gasteiger partial charge is 0.329 e. The zero-order chi connectivity index (χ0) is 9.26. The first-order valence-electron chi connectivity index (χ1n) is 4.35. The lowest BCUT2D eigenvalue weighted by Crippen LogP contribution is -1.95. The summed E-state index contributed by atoms with van der Waals surface area (Å²) in [5, 5.41) is 0. The second kappa shape index (κ2) is 3.30. The number of nitrogens with one attached hydrogen (secondary N) is 1. The van der Waals surface area contributed by atoms with Crippen molar-refractivity contribution >= 4 is 23.3 Å². The SMILES string of the molecule is CCCn1c(=S)[nH]c2cnccc21. The van der Waals surface area contributed by atoms with Crippen LogP contribution in [0.2, 0.25) is 0 Å². The van der Waals surface area contributed by atoms with Crippen LogP contribution in [0.5, 0.6) is 0 Å². The van der Waals surface area contributed by atoms with E-state index in [1.165, 1.54) is 0 Å². The molecule has 1 N–H and O–H groups in total. The summed E-state index contributed by atoms with van der Waals surface area (Å²) in [7, 11) is 0. The standard InChI is InChI=1S/C9H11N3S/c1-2-5-12-8-3-4-10-6-7(8)11-9(12)13/h3-4,6H,2,5H2,1H3,(H,11,13). The van der Waals surface area contributed by atoms with E-state index in [0.29, 0.717) is 0 Å². The number of aromatic amines is 1. The summed E-state index contributed by atoms with van der Waals surface area (Å²) in [5.41, 5.74) is 2.16. The van der Waals surface area contributed by atoms with E-state index in [0.717, 1.165) is 28.8 Å². The third-order valence-electron chi connectivity index (χ3n) is 2.02. The molecule has 0 aliphatic carbocycles. The minimum atomic E-state index is 0.782. The number of fused-ring (bicyclic) bond motifs is 1. The van der Waals surface area contributed by atoms with Gasteiger partial charge in [0.15, 0.2) is 4.77 Å². The predicted octanol–water partition coefficient (Wildman–Crippen LogP) is 2.50. The van der Waals surface area contributed by atoms with Crippen LogP contribution in [0, 0.1) is 4.77 Å². The Kier molecular flexibility index (Phi) is 2.14. The van der Waals surface area contributed by atoms with E-state index in [2.05, 4.69) is 21.5 Å². The van der Waals surface area contributed by atoms with E-state index < -0.39 is 0 Å². The summed E-state index contributed by atoms with van der Waals surface area (Å²) in [6.45, 7) is 3.10. The van der Waals surface area contributed by atoms with Gasteiger partial charge in [-0.3, -0.25) is 4.98 Å². The van der Waals surface area contributed by atoms with Gasteiger partial charge < -0.3 is 9.55 Å². The fourth-order valence-electron chi connectivity index (χ4n) is 1.46. The number of aryl methyl sites for hydroxylation is 1. The van der Waals surface area contributed by atoms with Gasteiger partial charge in [-0.2, -0.15) is 0 Å². The van der Waals surface area contributed by atoms with Crippen LogP contribution in [0.25, 0.3) is 11.0 Å². The topological polar surface area (TPSA) is 33.6 Å². The van der Waals surface area contributed by atoms with Crippen LogP contribution < -0.4 is 0 Å². The molecule has 0 aromatic carbocycles. The molecule has 13 heavy (non-hydrogen) atoms. The summed E-state index contributed by atoms with van der Waals surface area (Å²) in [6.07, 6.45) is 4.68. The maximum absolute atomic E-state index is 5.20. The Hall–Kier alpha value is -1.16. The number of pyridine rings is 1. The molecule has 0 aliphatic heterocycles. The molecule has 4 heteroatoms. The molecular formula is C9H11N3S. The number of aromatic nitrogens is 3. The number of imidazole rings is 1. The highest BCUT2D eigenvalue weighted by molar-refractivity contribution is 7.71. The van der Waals surface area contributed by atoms with E-state index in [4.69, 9.17) is 12.2 Å². The Morgan fingerprint density at radius 3 is 3.23 bits per heavy atom. The minimum Gasteiger partial charge on any atom is -0.329 e. The van der Waals surface area contributed by atoms with Crippen molar-refractivity contribution in [2.24, 2.45) is 0 Å². The molecule has 0 aliphatic rings. The van der Waals surface area contributed by atoms with E-state index in [1.807, 2.05) is 6.07 Å². The summed E-state index contributed by atoms with van der Waals surface area (Å²) in [5.74, 6) is 0. The Morgan fingerprint density at radius 2 is 2.46 bits per heavy atom. The maximum atomic E-state index is 5.20. The lowest BCUT2D eigenvalue weighted by Gasteiger charge is -1.99. The number of hydrogen-bond acceptors (Lipinski definition) is 2. The van der Waals surface area contributed by atoms with E-state index >= 15 is 0 Å². The molecule has 0 fully saturated rings. The number of hydrogen-bond donors (Lipinski definition) is 1. The molecule has 68 valence electrons. The monoisotopic (exact) mass is 193 g/mol. The van der Waals surface area contributed by atoms with Crippen LogP contribution in [-0.2, 0) is 6.54 Å². The normalized spacial score (nSPS) is 10.8. The molecule has 3 nitrogen and oxygen atoms in total. The quantitative estimate of drug-likeness (QED) is 0.743. The minimum absolute atomic E-state index is 0.782. The van der Waals surface area contributed by atoms with E-state index in [-0.39, 0.29) is 0 Å². The molecular weight excluding hydrogens is 182 g/mol. The maximum Gasteiger partial charge on any atom is 0.178 e. The van der Waals surface area contributed by atoms with Gasteiger partial charge in [0.1, 0.15) is 0 Å². The van der Waals surface area contributed by atoms with Crippen LogP contribution in [0.1, 0.15) is 13.3 Å². The number of rotatable bonds is 2. The van der Waals surface area contributed by atoms with Crippen molar-refractivity contribution in [3.8, 4) is 0 Å². The van der Waals surface area contributed by atoms with Crippen LogP contribution in [-0.4, -0.2) is 14.5 Å². The molecule has 0 bridgehead atoms. The first kappa shape index (κ1) is 8.44. The van der Waals surface area contributed by atoms with Crippen molar-refractivity contribution in [3.63, 3.8) is 0 Å². The van der Waals surface area contributed by atoms with Gasteiger partial charge in [0.05, 0.1) is 17.2 Å². The lowest BCUT2D eigenvalue weighted by atomic mass is 10.4. The highest BCUT2D eigenvalue weighted by atomic mass is 32.1. The van der Waals surface area contributed by atoms with Crippen LogP contribution in [0.3, 0.4) is 0 Å². The molecule has 0 amide bonds. The van der Waals surface area contributed by atoms with E-state index in [1.54, 1.807) is 12.4 Å². The smallest absolute Gasteiger partial charge is 0.178 e. The highest BCUT2D eigenvalue weighted by Crippen LogP contribution is 2.12. The zero-order valence-electron chi connectivity index (χ0n) is 7.45. The average Bonchev–Trinajstić information content (AvgIpc) is 2.44. The molecule has 0 radical (unpaired) electrons. The van der Waals surface area contributed by atoms with Crippen molar-refractivity contribution in [2.75, 3.05) is 0 Å². The van der Waals surface area contributed by atoms with Crippen LogP contribution in [0.15, 0.2) is 18.5 Å². The molecule has 2 aromatic rings. The van der Waals surface area contributed by atoms with Crippen LogP contribution >= 0.6 is 12.2 Å². The van der Waals surface area contributed by atoms with Crippen LogP contribution in [0.4, 0.5) is 0 Å². The first-order valence-corrected chi connectivity index (χ1v) is 4.76. The van der Waals surface area contributed by atoms with Crippen molar-refractivity contribution in [1.82, 2.24) is 14.5 Å². The van der Waals surface area contributed by atoms with Gasteiger partial charge in [-0.1, -0.05) is 6.92 Å². The summed E-state index contributed by atoms with van der Waals surface area (Å²) in [6, 6.07) is 1.98. The number of H-pyrrole nitrogens is 1. The van der Waals surface area contributed by atoms with Gasteiger partial charge in [-0.25, -0.2) is 0 Å². The lowest BCUT2D eigenvalue weighted by molar-refractivity contribution is 0.688. The van der Waals surface area contributed by atoms with Crippen molar-refractivity contribution in [3.05, 3.63) is 23.2 Å². The molecule has 0 atom stereocenters. The van der Waals surface area contributed by atoms with Crippen molar-refractivity contribution in [2.45, 2.75) is 19.9 Å². The third-order valence-corrected chi connectivity index (χ3v) is 2.35. The van der Waals surface area contributed by atoms with E-state index in [9.17, 15) is 0 Å². The molecule has 2 aromatic heterocycles. The number of nitrogens with zero attached hydrogens (tertiary/aromatic N) is 2. The average molecular weight is 193 g/mol. The molecule has 0 saturated carbocycles. The molecule has 0 unspecified atom stereocenters. The Balaban J connectivity index is 2.71. The Morgan fingerprint density at radius 1 is 1.62 bits per heavy atom. The third kappa shape index (κ3) is 1.37. The van der Waals surface area contributed by atoms with Gasteiger partial charge in [0, 0.05) is 12.7 Å². The molecule has 0 spiro atoms. The zero-order valence-corrected chi connectivity index (χ0v) is 8.27. The highest BCUT2D eigenvalue weighted by Gasteiger charge is 2.01. The van der Waals surface area contributed by atoms with Gasteiger partial charge in [-0.05, 0) is 24.7 Å². The summed E-state index contributed by atoms with van der Waals surface area (Å²) >= 11 is 5.20. The molecule has 2 heterocycles. The summed E-state index contributed by atoms with van der Waals surface area (Å²) < 4.78 is 2.89. The van der Waals surface area contributed by atoms with Gasteiger partial charge in [-0.15, -0.1) is 0 Å². The van der Waals surface area contributed by atoms with Gasteiger partial charge in [0.2, 0.25) is 0 Å².